The minimum Gasteiger partial charge on any atom is -0.294 e. The van der Waals surface area contributed by atoms with Crippen LogP contribution in [0.15, 0.2) is 60.9 Å². The van der Waals surface area contributed by atoms with Gasteiger partial charge in [0, 0.05) is 45.0 Å². The van der Waals surface area contributed by atoms with Gasteiger partial charge in [-0.25, -0.2) is 0 Å². The standard InChI is InChI=1S/C21H13Cl4NO2/c22-13-3-5-15(18(24)8-13)17(21(28)12-2-1-7-26-11-12)10-20(27)16-6-4-14(23)9-19(16)25/h1-9,11,17H,10H2. The number of aromatic nitrogens is 1. The lowest BCUT2D eigenvalue weighted by atomic mass is 9.85. The van der Waals surface area contributed by atoms with Crippen molar-refractivity contribution in [1.29, 1.82) is 0 Å². The molecule has 2 aromatic carbocycles. The number of carbonyl (C=O) groups excluding carboxylic acids is 2. The molecule has 0 N–H and O–H groups in total. The van der Waals surface area contributed by atoms with E-state index in [9.17, 15) is 9.59 Å². The second-order valence-corrected chi connectivity index (χ2v) is 7.76. The molecule has 0 saturated carbocycles. The van der Waals surface area contributed by atoms with Crippen molar-refractivity contribution in [2.75, 3.05) is 0 Å². The summed E-state index contributed by atoms with van der Waals surface area (Å²) in [6.45, 7) is 0. The minimum atomic E-state index is -0.812. The van der Waals surface area contributed by atoms with Gasteiger partial charge in [0.15, 0.2) is 11.6 Å². The van der Waals surface area contributed by atoms with Crippen molar-refractivity contribution in [3.63, 3.8) is 0 Å². The third-order valence-electron chi connectivity index (χ3n) is 4.22. The lowest BCUT2D eigenvalue weighted by Crippen LogP contribution is -2.18. The Morgan fingerprint density at radius 3 is 2.18 bits per heavy atom. The molecular weight excluding hydrogens is 440 g/mol. The van der Waals surface area contributed by atoms with Gasteiger partial charge in [0.2, 0.25) is 0 Å². The van der Waals surface area contributed by atoms with E-state index in [1.54, 1.807) is 48.7 Å². The predicted molar refractivity (Wildman–Crippen MR) is 113 cm³/mol. The molecule has 3 aromatic rings. The lowest BCUT2D eigenvalue weighted by Gasteiger charge is -2.18. The molecule has 1 aromatic heterocycles. The Morgan fingerprint density at radius 2 is 1.57 bits per heavy atom. The maximum atomic E-state index is 13.2. The van der Waals surface area contributed by atoms with E-state index >= 15 is 0 Å². The summed E-state index contributed by atoms with van der Waals surface area (Å²) >= 11 is 24.4. The molecule has 0 bridgehead atoms. The van der Waals surface area contributed by atoms with Crippen molar-refractivity contribution in [2.24, 2.45) is 0 Å². The van der Waals surface area contributed by atoms with Crippen molar-refractivity contribution in [3.05, 3.63) is 97.7 Å². The largest absolute Gasteiger partial charge is 0.294 e. The summed E-state index contributed by atoms with van der Waals surface area (Å²) in [5, 5.41) is 1.40. The third kappa shape index (κ3) is 4.73. The zero-order valence-corrected chi connectivity index (χ0v) is 17.4. The molecular formula is C21H13Cl4NO2. The molecule has 142 valence electrons. The summed E-state index contributed by atoms with van der Waals surface area (Å²) in [7, 11) is 0. The number of halogens is 4. The minimum absolute atomic E-state index is 0.115. The Morgan fingerprint density at radius 1 is 0.893 bits per heavy atom. The summed E-state index contributed by atoms with van der Waals surface area (Å²) in [5.74, 6) is -1.38. The van der Waals surface area contributed by atoms with Gasteiger partial charge in [-0.05, 0) is 48.0 Å². The average Bonchev–Trinajstić information content (AvgIpc) is 2.66. The molecule has 0 spiro atoms. The van der Waals surface area contributed by atoms with Crippen molar-refractivity contribution in [2.45, 2.75) is 12.3 Å². The van der Waals surface area contributed by atoms with Crippen LogP contribution in [0.25, 0.3) is 0 Å². The number of nitrogens with zero attached hydrogens (tertiary/aromatic N) is 1. The van der Waals surface area contributed by atoms with Crippen molar-refractivity contribution >= 4 is 58.0 Å². The van der Waals surface area contributed by atoms with Gasteiger partial charge >= 0.3 is 0 Å². The maximum Gasteiger partial charge on any atom is 0.172 e. The Hall–Kier alpha value is -1.91. The Balaban J connectivity index is 2.01. The summed E-state index contributed by atoms with van der Waals surface area (Å²) in [4.78, 5) is 30.0. The van der Waals surface area contributed by atoms with E-state index in [2.05, 4.69) is 4.98 Å². The highest BCUT2D eigenvalue weighted by molar-refractivity contribution is 6.37. The van der Waals surface area contributed by atoms with Crippen LogP contribution >= 0.6 is 46.4 Å². The van der Waals surface area contributed by atoms with Gasteiger partial charge in [-0.3, -0.25) is 14.6 Å². The molecule has 1 heterocycles. The first kappa shape index (κ1) is 20.8. The first-order valence-corrected chi connectivity index (χ1v) is 9.75. The second kappa shape index (κ2) is 9.06. The number of benzene rings is 2. The number of pyridine rings is 1. The van der Waals surface area contributed by atoms with E-state index in [1.807, 2.05) is 0 Å². The average molecular weight is 453 g/mol. The van der Waals surface area contributed by atoms with Crippen molar-refractivity contribution < 1.29 is 9.59 Å². The molecule has 3 rings (SSSR count). The molecule has 0 aliphatic heterocycles. The van der Waals surface area contributed by atoms with Gasteiger partial charge in [0.25, 0.3) is 0 Å². The van der Waals surface area contributed by atoms with Gasteiger partial charge in [0.1, 0.15) is 0 Å². The van der Waals surface area contributed by atoms with E-state index in [0.717, 1.165) is 0 Å². The normalized spacial score (nSPS) is 11.9. The molecule has 0 aliphatic rings. The monoisotopic (exact) mass is 451 g/mol. The molecule has 1 atom stereocenters. The molecule has 28 heavy (non-hydrogen) atoms. The predicted octanol–water partition coefficient (Wildman–Crippen LogP) is 6.93. The number of ketones is 2. The van der Waals surface area contributed by atoms with Gasteiger partial charge in [0.05, 0.1) is 10.9 Å². The number of hydrogen-bond donors (Lipinski definition) is 0. The summed E-state index contributed by atoms with van der Waals surface area (Å²) in [6, 6.07) is 12.7. The second-order valence-electron chi connectivity index (χ2n) is 6.08. The number of rotatable bonds is 6. The van der Waals surface area contributed by atoms with E-state index in [1.165, 1.54) is 12.3 Å². The van der Waals surface area contributed by atoms with E-state index in [4.69, 9.17) is 46.4 Å². The molecule has 0 aliphatic carbocycles. The number of Topliss-reactive ketones (excluding diaryl/α,β-unsaturated/α-hetero) is 2. The fourth-order valence-corrected chi connectivity index (χ4v) is 3.90. The SMILES string of the molecule is O=C(CC(C(=O)c1cccnc1)c1ccc(Cl)cc1Cl)c1ccc(Cl)cc1Cl. The van der Waals surface area contributed by atoms with E-state index < -0.39 is 5.92 Å². The van der Waals surface area contributed by atoms with Crippen LogP contribution in [0.5, 0.6) is 0 Å². The third-order valence-corrected chi connectivity index (χ3v) is 5.33. The smallest absolute Gasteiger partial charge is 0.172 e. The molecule has 3 nitrogen and oxygen atoms in total. The quantitative estimate of drug-likeness (QED) is 0.380. The zero-order chi connectivity index (χ0) is 20.3. The Bertz CT molecular complexity index is 1040. The van der Waals surface area contributed by atoms with Crippen LogP contribution < -0.4 is 0 Å². The Kier molecular flexibility index (Phi) is 6.73. The van der Waals surface area contributed by atoms with Gasteiger partial charge in [-0.2, -0.15) is 0 Å². The number of carbonyl (C=O) groups is 2. The van der Waals surface area contributed by atoms with Crippen LogP contribution in [0.4, 0.5) is 0 Å². The summed E-state index contributed by atoms with van der Waals surface area (Å²) < 4.78 is 0. The zero-order valence-electron chi connectivity index (χ0n) is 14.3. The van der Waals surface area contributed by atoms with Crippen LogP contribution in [0.2, 0.25) is 20.1 Å². The van der Waals surface area contributed by atoms with Gasteiger partial charge in [-0.1, -0.05) is 52.5 Å². The Labute approximate surface area is 182 Å². The van der Waals surface area contributed by atoms with E-state index in [-0.39, 0.29) is 23.0 Å². The highest BCUT2D eigenvalue weighted by Crippen LogP contribution is 2.34. The molecule has 0 saturated heterocycles. The fraction of sp³-hybridized carbons (Fsp3) is 0.0952. The van der Waals surface area contributed by atoms with E-state index in [0.29, 0.717) is 31.8 Å². The summed E-state index contributed by atoms with van der Waals surface area (Å²) in [5.41, 5.74) is 1.19. The van der Waals surface area contributed by atoms with Crippen LogP contribution in [-0.2, 0) is 0 Å². The van der Waals surface area contributed by atoms with Crippen molar-refractivity contribution in [1.82, 2.24) is 4.98 Å². The van der Waals surface area contributed by atoms with Gasteiger partial charge in [-0.15, -0.1) is 0 Å². The molecule has 1 unspecified atom stereocenters. The highest BCUT2D eigenvalue weighted by Gasteiger charge is 2.28. The topological polar surface area (TPSA) is 47.0 Å². The highest BCUT2D eigenvalue weighted by atomic mass is 35.5. The van der Waals surface area contributed by atoms with Gasteiger partial charge < -0.3 is 0 Å². The first-order chi connectivity index (χ1) is 13.4. The van der Waals surface area contributed by atoms with Crippen LogP contribution in [0, 0.1) is 0 Å². The van der Waals surface area contributed by atoms with Crippen LogP contribution in [0.3, 0.4) is 0 Å². The first-order valence-electron chi connectivity index (χ1n) is 8.24. The van der Waals surface area contributed by atoms with Crippen molar-refractivity contribution in [3.8, 4) is 0 Å². The fourth-order valence-electron chi connectivity index (χ4n) is 2.85. The molecule has 7 heteroatoms. The van der Waals surface area contributed by atoms with Crippen LogP contribution in [-0.4, -0.2) is 16.6 Å². The summed E-state index contributed by atoms with van der Waals surface area (Å²) in [6.07, 6.45) is 2.91. The molecule has 0 radical (unpaired) electrons. The molecule has 0 amide bonds. The number of hydrogen-bond acceptors (Lipinski definition) is 3. The van der Waals surface area contributed by atoms with Crippen LogP contribution in [0.1, 0.15) is 38.6 Å². The maximum absolute atomic E-state index is 13.2. The lowest BCUT2D eigenvalue weighted by molar-refractivity contribution is 0.0893. The molecule has 0 fully saturated rings.